The summed E-state index contributed by atoms with van der Waals surface area (Å²) in [6.45, 7) is 3.78. The zero-order valence-corrected chi connectivity index (χ0v) is 6.55. The van der Waals surface area contributed by atoms with Crippen molar-refractivity contribution in [1.82, 2.24) is 0 Å². The number of nitrogens with zero attached hydrogens (tertiary/aromatic N) is 1. The average molecular weight is 146 g/mol. The molecule has 0 saturated heterocycles. The summed E-state index contributed by atoms with van der Waals surface area (Å²) in [6, 6.07) is 0. The van der Waals surface area contributed by atoms with Gasteiger partial charge in [-0.2, -0.15) is 4.99 Å². The predicted octanol–water partition coefficient (Wildman–Crippen LogP) is 1.27. The van der Waals surface area contributed by atoms with Gasteiger partial charge >= 0.3 is 4.32 Å². The quantitative estimate of drug-likeness (QED) is 0.285. The van der Waals surface area contributed by atoms with Crippen molar-refractivity contribution < 1.29 is 0 Å². The molecule has 0 radical (unpaired) electrons. The number of hydrogen-bond donors (Lipinski definition) is 0. The largest absolute Gasteiger partial charge is 0.389 e. The van der Waals surface area contributed by atoms with E-state index >= 15 is 0 Å². The van der Waals surface area contributed by atoms with Crippen LogP contribution in [-0.2, 0) is 11.4 Å². The van der Waals surface area contributed by atoms with E-state index in [-0.39, 0.29) is 0 Å². The molecule has 8 heavy (non-hydrogen) atoms. The van der Waals surface area contributed by atoms with E-state index in [4.69, 9.17) is 12.2 Å². The summed E-state index contributed by atoms with van der Waals surface area (Å²) < 4.78 is 0.676. The number of aliphatic imine (C=N–C) groups is 1. The molecule has 0 saturated carbocycles. The van der Waals surface area contributed by atoms with Crippen LogP contribution in [0.4, 0.5) is 0 Å². The summed E-state index contributed by atoms with van der Waals surface area (Å²) in [5.41, 5.74) is 0. The Morgan fingerprint density at radius 1 is 1.62 bits per heavy atom. The van der Waals surface area contributed by atoms with Gasteiger partial charge in [0.05, 0.1) is 0 Å². The molecule has 0 aromatic rings. The second-order valence-corrected chi connectivity index (χ2v) is 2.75. The van der Waals surface area contributed by atoms with E-state index in [0.29, 0.717) is 4.32 Å². The Bertz CT molecular complexity index is 112. The fourth-order valence-corrected chi connectivity index (χ4v) is 0.999. The van der Waals surface area contributed by atoms with Crippen LogP contribution < -0.4 is 0 Å². The molecule has 0 amide bonds. The van der Waals surface area contributed by atoms with Crippen molar-refractivity contribution in [2.75, 3.05) is 0 Å². The lowest BCUT2D eigenvalue weighted by atomic mass is 10.9. The molecular weight excluding hydrogens is 138 g/mol. The van der Waals surface area contributed by atoms with E-state index in [1.165, 1.54) is 11.4 Å². The molecule has 0 N–H and O–H groups in total. The van der Waals surface area contributed by atoms with Crippen LogP contribution in [0.5, 0.6) is 0 Å². The van der Waals surface area contributed by atoms with E-state index in [1.807, 2.05) is 19.2 Å². The summed E-state index contributed by atoms with van der Waals surface area (Å²) >= 11 is 6.25. The molecule has 44 valence electrons. The van der Waals surface area contributed by atoms with Crippen molar-refractivity contribution in [2.24, 2.45) is 4.99 Å². The molecule has 0 rings (SSSR count). The Morgan fingerprint density at radius 2 is 2.25 bits per heavy atom. The third kappa shape index (κ3) is 4.02. The van der Waals surface area contributed by atoms with Crippen LogP contribution in [0.1, 0.15) is 13.8 Å². The van der Waals surface area contributed by atoms with Crippen LogP contribution in [0.15, 0.2) is 4.99 Å². The molecular formula is C5H8NS2+. The minimum Gasteiger partial charge on any atom is -0.196 e. The Morgan fingerprint density at radius 3 is 2.62 bits per heavy atom. The first-order valence-electron chi connectivity index (χ1n) is 2.28. The molecule has 0 atom stereocenters. The number of thiocarbonyl (C=S) groups is 1. The third-order valence-electron chi connectivity index (χ3n) is 0.453. The van der Waals surface area contributed by atoms with Gasteiger partial charge in [0.15, 0.2) is 5.37 Å². The van der Waals surface area contributed by atoms with Gasteiger partial charge in [-0.25, -0.2) is 0 Å². The lowest BCUT2D eigenvalue weighted by Crippen LogP contribution is -1.85. The molecule has 0 aliphatic heterocycles. The fraction of sp³-hybridized carbons (Fsp3) is 0.400. The predicted molar refractivity (Wildman–Crippen MR) is 45.9 cm³/mol. The van der Waals surface area contributed by atoms with Gasteiger partial charge in [-0.15, -0.1) is 0 Å². The molecule has 0 aliphatic rings. The van der Waals surface area contributed by atoms with Gasteiger partial charge in [0.25, 0.3) is 0 Å². The first-order chi connectivity index (χ1) is 3.81. The van der Waals surface area contributed by atoms with Crippen LogP contribution in [-0.4, -0.2) is 15.9 Å². The van der Waals surface area contributed by atoms with E-state index in [0.717, 1.165) is 0 Å². The molecule has 0 aromatic heterocycles. The summed E-state index contributed by atoms with van der Waals surface area (Å²) in [5.74, 6) is 0. The Hall–Kier alpha value is -0.150. The van der Waals surface area contributed by atoms with Crippen molar-refractivity contribution in [2.45, 2.75) is 13.8 Å². The van der Waals surface area contributed by atoms with Crippen molar-refractivity contribution in [3.05, 3.63) is 0 Å². The molecule has 0 spiro atoms. The van der Waals surface area contributed by atoms with Crippen LogP contribution in [0.3, 0.4) is 0 Å². The number of hydrogen-bond acceptors (Lipinski definition) is 1. The van der Waals surface area contributed by atoms with Crippen LogP contribution in [0, 0.1) is 0 Å². The summed E-state index contributed by atoms with van der Waals surface area (Å²) in [7, 11) is 0. The van der Waals surface area contributed by atoms with Gasteiger partial charge in [0.2, 0.25) is 11.4 Å². The minimum absolute atomic E-state index is 0.676. The van der Waals surface area contributed by atoms with Crippen LogP contribution in [0.2, 0.25) is 0 Å². The monoisotopic (exact) mass is 146 g/mol. The highest BCUT2D eigenvalue weighted by Gasteiger charge is 1.96. The SMILES string of the molecule is CC=NC(=S)[S+]=CC. The second kappa shape index (κ2) is 5.00. The summed E-state index contributed by atoms with van der Waals surface area (Å²) in [6.07, 6.45) is 1.69. The molecule has 3 heteroatoms. The van der Waals surface area contributed by atoms with Crippen molar-refractivity contribution in [1.29, 1.82) is 0 Å². The topological polar surface area (TPSA) is 12.4 Å². The highest BCUT2D eigenvalue weighted by Crippen LogP contribution is 1.74. The Labute approximate surface area is 58.8 Å². The van der Waals surface area contributed by atoms with E-state index in [2.05, 4.69) is 4.99 Å². The molecule has 0 bridgehead atoms. The van der Waals surface area contributed by atoms with Gasteiger partial charge in [-0.1, -0.05) is 0 Å². The third-order valence-corrected chi connectivity index (χ3v) is 1.39. The van der Waals surface area contributed by atoms with Gasteiger partial charge in [-0.05, 0) is 6.92 Å². The molecule has 0 aromatic carbocycles. The fourth-order valence-electron chi connectivity index (χ4n) is 0.237. The van der Waals surface area contributed by atoms with Gasteiger partial charge in [-0.3, -0.25) is 0 Å². The van der Waals surface area contributed by atoms with E-state index in [1.54, 1.807) is 6.21 Å². The van der Waals surface area contributed by atoms with E-state index < -0.39 is 0 Å². The van der Waals surface area contributed by atoms with Crippen LogP contribution in [0.25, 0.3) is 0 Å². The van der Waals surface area contributed by atoms with Gasteiger partial charge in [0.1, 0.15) is 0 Å². The lowest BCUT2D eigenvalue weighted by Gasteiger charge is -1.64. The van der Waals surface area contributed by atoms with Crippen molar-refractivity contribution in [3.63, 3.8) is 0 Å². The number of rotatable bonds is 0. The maximum Gasteiger partial charge on any atom is 0.389 e. The molecule has 0 unspecified atom stereocenters. The molecule has 0 aliphatic carbocycles. The maximum atomic E-state index is 4.79. The van der Waals surface area contributed by atoms with Crippen molar-refractivity contribution in [3.8, 4) is 0 Å². The highest BCUT2D eigenvalue weighted by molar-refractivity contribution is 8.08. The first-order valence-corrected chi connectivity index (χ1v) is 3.57. The summed E-state index contributed by atoms with van der Waals surface area (Å²) in [5, 5.41) is 1.91. The normalized spacial score (nSPS) is 11.2. The zero-order valence-electron chi connectivity index (χ0n) is 4.92. The summed E-state index contributed by atoms with van der Waals surface area (Å²) in [4.78, 5) is 3.85. The molecule has 0 heterocycles. The lowest BCUT2D eigenvalue weighted by molar-refractivity contribution is 1.80. The minimum atomic E-state index is 0.676. The van der Waals surface area contributed by atoms with E-state index in [9.17, 15) is 0 Å². The Balaban J connectivity index is 3.66. The van der Waals surface area contributed by atoms with Crippen LogP contribution >= 0.6 is 12.2 Å². The highest BCUT2D eigenvalue weighted by atomic mass is 32.2. The Kier molecular flexibility index (Phi) is 4.90. The maximum absolute atomic E-state index is 4.79. The molecule has 1 nitrogen and oxygen atoms in total. The average Bonchev–Trinajstić information content (AvgIpc) is 1.68. The first kappa shape index (κ1) is 7.85. The van der Waals surface area contributed by atoms with Gasteiger partial charge in [0, 0.05) is 25.4 Å². The van der Waals surface area contributed by atoms with Gasteiger partial charge < -0.3 is 0 Å². The molecule has 0 fully saturated rings. The standard InChI is InChI=1S/C5H8NS2/c1-3-6-5(7)8-4-2/h3-4H,1-2H3/q+1. The van der Waals surface area contributed by atoms with Crippen molar-refractivity contribution >= 4 is 39.5 Å². The zero-order chi connectivity index (χ0) is 6.41. The second-order valence-electron chi connectivity index (χ2n) is 1.01. The smallest absolute Gasteiger partial charge is 0.196 e.